The number of rotatable bonds is 2. The first-order valence-electron chi connectivity index (χ1n) is 6.31. The average molecular weight is 234 g/mol. The molecule has 1 aromatic heterocycles. The summed E-state index contributed by atoms with van der Waals surface area (Å²) in [5.41, 5.74) is 12.5. The van der Waals surface area contributed by atoms with Crippen molar-refractivity contribution in [2.75, 3.05) is 29.5 Å². The molecule has 1 fully saturated rings. The lowest BCUT2D eigenvalue weighted by molar-refractivity contribution is 0.238. The summed E-state index contributed by atoms with van der Waals surface area (Å²) in [5.74, 6) is 1.39. The maximum Gasteiger partial charge on any atom is 0.149 e. The van der Waals surface area contributed by atoms with Crippen LogP contribution in [0, 0.1) is 5.41 Å². The second-order valence-electron chi connectivity index (χ2n) is 5.30. The second-order valence-corrected chi connectivity index (χ2v) is 5.30. The zero-order valence-electron chi connectivity index (χ0n) is 10.7. The van der Waals surface area contributed by atoms with Crippen LogP contribution in [0.15, 0.2) is 12.1 Å². The number of nitrogen functional groups attached to an aromatic ring is 2. The molecule has 4 heteroatoms. The molecule has 1 aromatic rings. The van der Waals surface area contributed by atoms with Gasteiger partial charge in [-0.15, -0.1) is 0 Å². The van der Waals surface area contributed by atoms with Gasteiger partial charge in [-0.1, -0.05) is 20.3 Å². The predicted octanol–water partition coefficient (Wildman–Crippen LogP) is 2.26. The van der Waals surface area contributed by atoms with Gasteiger partial charge in [0.1, 0.15) is 11.6 Å². The Morgan fingerprint density at radius 3 is 2.47 bits per heavy atom. The van der Waals surface area contributed by atoms with E-state index in [4.69, 9.17) is 11.5 Å². The number of aromatic nitrogens is 1. The number of hydrogen-bond acceptors (Lipinski definition) is 4. The van der Waals surface area contributed by atoms with Gasteiger partial charge in [0.25, 0.3) is 0 Å². The molecule has 0 aromatic carbocycles. The molecule has 4 N–H and O–H groups in total. The van der Waals surface area contributed by atoms with E-state index >= 15 is 0 Å². The fourth-order valence-electron chi connectivity index (χ4n) is 2.28. The third-order valence-electron chi connectivity index (χ3n) is 4.09. The molecule has 17 heavy (non-hydrogen) atoms. The Kier molecular flexibility index (Phi) is 3.13. The normalized spacial score (nSPS) is 19.3. The predicted molar refractivity (Wildman–Crippen MR) is 72.9 cm³/mol. The Balaban J connectivity index is 2.08. The molecule has 0 saturated carbocycles. The van der Waals surface area contributed by atoms with Crippen LogP contribution in [-0.4, -0.2) is 18.1 Å². The molecule has 94 valence electrons. The molecule has 4 nitrogen and oxygen atoms in total. The fraction of sp³-hybridized carbons (Fsp3) is 0.615. The maximum absolute atomic E-state index is 5.74. The van der Waals surface area contributed by atoms with Crippen molar-refractivity contribution in [2.24, 2.45) is 5.41 Å². The first-order chi connectivity index (χ1) is 8.04. The van der Waals surface area contributed by atoms with Crippen molar-refractivity contribution in [2.45, 2.75) is 33.1 Å². The fourth-order valence-corrected chi connectivity index (χ4v) is 2.28. The average Bonchev–Trinajstić information content (AvgIpc) is 2.34. The summed E-state index contributed by atoms with van der Waals surface area (Å²) in [6, 6.07) is 3.80. The third kappa shape index (κ3) is 2.46. The van der Waals surface area contributed by atoms with E-state index in [0.717, 1.165) is 18.9 Å². The Bertz CT molecular complexity index is 394. The molecular weight excluding hydrogens is 212 g/mol. The molecule has 2 rings (SSSR count). The Hall–Kier alpha value is -1.45. The van der Waals surface area contributed by atoms with Crippen LogP contribution in [0.4, 0.5) is 17.3 Å². The number of hydrogen-bond donors (Lipinski definition) is 2. The van der Waals surface area contributed by atoms with Crippen molar-refractivity contribution in [3.63, 3.8) is 0 Å². The van der Waals surface area contributed by atoms with Crippen molar-refractivity contribution in [3.05, 3.63) is 12.1 Å². The summed E-state index contributed by atoms with van der Waals surface area (Å²) in [5, 5.41) is 0. The van der Waals surface area contributed by atoms with E-state index in [0.29, 0.717) is 16.9 Å². The summed E-state index contributed by atoms with van der Waals surface area (Å²) < 4.78 is 0. The minimum atomic E-state index is 0.436. The minimum Gasteiger partial charge on any atom is -0.396 e. The molecular formula is C13H22N4. The van der Waals surface area contributed by atoms with E-state index in [1.807, 2.05) is 12.1 Å². The molecule has 0 radical (unpaired) electrons. The van der Waals surface area contributed by atoms with E-state index in [-0.39, 0.29) is 0 Å². The minimum absolute atomic E-state index is 0.436. The van der Waals surface area contributed by atoms with Crippen LogP contribution in [-0.2, 0) is 0 Å². The van der Waals surface area contributed by atoms with E-state index < -0.39 is 0 Å². The second kappa shape index (κ2) is 4.43. The zero-order chi connectivity index (χ0) is 12.5. The monoisotopic (exact) mass is 234 g/mol. The highest BCUT2D eigenvalue weighted by Gasteiger charge is 2.28. The van der Waals surface area contributed by atoms with Gasteiger partial charge in [0.2, 0.25) is 0 Å². The van der Waals surface area contributed by atoms with Gasteiger partial charge in [0, 0.05) is 13.1 Å². The highest BCUT2D eigenvalue weighted by Crippen LogP contribution is 2.35. The molecule has 0 amide bonds. The van der Waals surface area contributed by atoms with Crippen molar-refractivity contribution >= 4 is 17.3 Å². The summed E-state index contributed by atoms with van der Waals surface area (Å²) in [4.78, 5) is 6.65. The number of anilines is 3. The first kappa shape index (κ1) is 12.0. The van der Waals surface area contributed by atoms with Crippen LogP contribution in [0.25, 0.3) is 0 Å². The zero-order valence-corrected chi connectivity index (χ0v) is 10.7. The Morgan fingerprint density at radius 2 is 1.94 bits per heavy atom. The summed E-state index contributed by atoms with van der Waals surface area (Å²) in [7, 11) is 0. The van der Waals surface area contributed by atoms with Gasteiger partial charge in [-0.3, -0.25) is 0 Å². The number of piperidine rings is 1. The summed E-state index contributed by atoms with van der Waals surface area (Å²) in [6.45, 7) is 6.76. The van der Waals surface area contributed by atoms with E-state index in [1.165, 1.54) is 19.3 Å². The van der Waals surface area contributed by atoms with Crippen LogP contribution in [0.1, 0.15) is 33.1 Å². The van der Waals surface area contributed by atoms with Gasteiger partial charge >= 0.3 is 0 Å². The van der Waals surface area contributed by atoms with Crippen molar-refractivity contribution < 1.29 is 0 Å². The molecule has 1 saturated heterocycles. The van der Waals surface area contributed by atoms with Crippen LogP contribution in [0.2, 0.25) is 0 Å². The largest absolute Gasteiger partial charge is 0.396 e. The number of nitrogens with two attached hydrogens (primary N) is 2. The van der Waals surface area contributed by atoms with Crippen molar-refractivity contribution in [3.8, 4) is 0 Å². The number of pyridine rings is 1. The third-order valence-corrected chi connectivity index (χ3v) is 4.09. The van der Waals surface area contributed by atoms with Gasteiger partial charge in [0.05, 0.1) is 5.69 Å². The van der Waals surface area contributed by atoms with Crippen LogP contribution in [0.5, 0.6) is 0 Å². The molecule has 2 heterocycles. The van der Waals surface area contributed by atoms with Crippen LogP contribution < -0.4 is 16.4 Å². The highest BCUT2D eigenvalue weighted by atomic mass is 15.2. The first-order valence-corrected chi connectivity index (χ1v) is 6.31. The standard InChI is InChI=1S/C13H22N4/c1-3-13(2)6-8-17(9-7-13)11-5-4-10(14)12(15)16-11/h4-5H,3,6-9,14H2,1-2H3,(H2,15,16). The Morgan fingerprint density at radius 1 is 1.29 bits per heavy atom. The molecule has 0 atom stereocenters. The smallest absolute Gasteiger partial charge is 0.149 e. The maximum atomic E-state index is 5.74. The quantitative estimate of drug-likeness (QED) is 0.823. The van der Waals surface area contributed by atoms with Gasteiger partial charge in [0.15, 0.2) is 0 Å². The van der Waals surface area contributed by atoms with Crippen LogP contribution in [0.3, 0.4) is 0 Å². The van der Waals surface area contributed by atoms with E-state index in [9.17, 15) is 0 Å². The van der Waals surface area contributed by atoms with E-state index in [2.05, 4.69) is 23.7 Å². The molecule has 1 aliphatic heterocycles. The van der Waals surface area contributed by atoms with Gasteiger partial charge < -0.3 is 16.4 Å². The SMILES string of the molecule is CCC1(C)CCN(c2ccc(N)c(N)n2)CC1. The molecule has 0 aliphatic carbocycles. The van der Waals surface area contributed by atoms with Gasteiger partial charge in [-0.25, -0.2) is 4.98 Å². The van der Waals surface area contributed by atoms with E-state index in [1.54, 1.807) is 0 Å². The lowest BCUT2D eigenvalue weighted by Gasteiger charge is -2.39. The van der Waals surface area contributed by atoms with Crippen molar-refractivity contribution in [1.29, 1.82) is 0 Å². The van der Waals surface area contributed by atoms with Gasteiger partial charge in [-0.05, 0) is 30.4 Å². The lowest BCUT2D eigenvalue weighted by atomic mass is 9.78. The topological polar surface area (TPSA) is 68.2 Å². The summed E-state index contributed by atoms with van der Waals surface area (Å²) >= 11 is 0. The Labute approximate surface area is 103 Å². The van der Waals surface area contributed by atoms with Crippen LogP contribution >= 0.6 is 0 Å². The van der Waals surface area contributed by atoms with Crippen molar-refractivity contribution in [1.82, 2.24) is 4.98 Å². The van der Waals surface area contributed by atoms with Gasteiger partial charge in [-0.2, -0.15) is 0 Å². The molecule has 0 spiro atoms. The molecule has 0 unspecified atom stereocenters. The lowest BCUT2D eigenvalue weighted by Crippen LogP contribution is -2.38. The molecule has 1 aliphatic rings. The molecule has 0 bridgehead atoms. The summed E-state index contributed by atoms with van der Waals surface area (Å²) in [6.07, 6.45) is 3.68. The number of nitrogens with zero attached hydrogens (tertiary/aromatic N) is 2. The highest BCUT2D eigenvalue weighted by molar-refractivity contribution is 5.62.